The van der Waals surface area contributed by atoms with Crippen LogP contribution in [-0.2, 0) is 0 Å². The number of hydrogen-bond donors (Lipinski definition) is 1. The third-order valence-corrected chi connectivity index (χ3v) is 4.01. The Bertz CT molecular complexity index is 910. The Labute approximate surface area is 143 Å². The van der Waals surface area contributed by atoms with Crippen LogP contribution in [0.2, 0.25) is 0 Å². The van der Waals surface area contributed by atoms with Crippen LogP contribution in [0.4, 0.5) is 0 Å². The van der Waals surface area contributed by atoms with E-state index in [1.807, 2.05) is 35.8 Å². The van der Waals surface area contributed by atoms with Gasteiger partial charge in [-0.3, -0.25) is 9.20 Å². The molecule has 0 atom stereocenters. The van der Waals surface area contributed by atoms with E-state index in [-0.39, 0.29) is 5.91 Å². The average Bonchev–Trinajstić information content (AvgIpc) is 3.13. The third kappa shape index (κ3) is 3.36. The molecule has 6 nitrogen and oxygen atoms in total. The van der Waals surface area contributed by atoms with Crippen LogP contribution >= 0.6 is 11.3 Å². The maximum absolute atomic E-state index is 12.3. The molecule has 0 saturated carbocycles. The van der Waals surface area contributed by atoms with Crippen molar-refractivity contribution in [3.05, 3.63) is 65.4 Å². The minimum Gasteiger partial charge on any atom is -0.490 e. The normalized spacial score (nSPS) is 11.0. The monoisotopic (exact) mass is 340 g/mol. The van der Waals surface area contributed by atoms with Gasteiger partial charge < -0.3 is 4.74 Å². The van der Waals surface area contributed by atoms with Gasteiger partial charge in [-0.15, -0.1) is 11.3 Å². The van der Waals surface area contributed by atoms with E-state index in [4.69, 9.17) is 4.74 Å². The molecule has 0 aliphatic carbocycles. The Hall–Kier alpha value is -2.93. The molecule has 24 heavy (non-hydrogen) atoms. The Morgan fingerprint density at radius 2 is 2.42 bits per heavy atom. The molecular weight excluding hydrogens is 324 g/mol. The minimum atomic E-state index is -0.297. The van der Waals surface area contributed by atoms with Gasteiger partial charge in [0.25, 0.3) is 5.91 Å². The average molecular weight is 340 g/mol. The van der Waals surface area contributed by atoms with E-state index >= 15 is 0 Å². The Balaban J connectivity index is 1.70. The van der Waals surface area contributed by atoms with Gasteiger partial charge in [0, 0.05) is 11.6 Å². The number of hydrogen-bond acceptors (Lipinski definition) is 5. The van der Waals surface area contributed by atoms with Gasteiger partial charge in [0.1, 0.15) is 18.1 Å². The molecule has 1 aromatic carbocycles. The van der Waals surface area contributed by atoms with E-state index < -0.39 is 0 Å². The van der Waals surface area contributed by atoms with Crippen molar-refractivity contribution >= 4 is 28.4 Å². The molecule has 0 bridgehead atoms. The predicted molar refractivity (Wildman–Crippen MR) is 95.0 cm³/mol. The lowest BCUT2D eigenvalue weighted by Gasteiger charge is -2.03. The Morgan fingerprint density at radius 3 is 3.25 bits per heavy atom. The number of nitrogens with one attached hydrogen (secondary N) is 1. The summed E-state index contributed by atoms with van der Waals surface area (Å²) in [6.45, 7) is 5.85. The van der Waals surface area contributed by atoms with Crippen LogP contribution < -0.4 is 10.2 Å². The second-order valence-corrected chi connectivity index (χ2v) is 5.85. The highest BCUT2D eigenvalue weighted by Gasteiger charge is 2.16. The number of aromatic nitrogens is 2. The summed E-state index contributed by atoms with van der Waals surface area (Å²) in [5.41, 5.74) is 4.53. The van der Waals surface area contributed by atoms with Crippen molar-refractivity contribution in [3.63, 3.8) is 0 Å². The fraction of sp³-hybridized carbons (Fsp3) is 0.118. The van der Waals surface area contributed by atoms with Crippen LogP contribution in [0.5, 0.6) is 5.75 Å². The molecule has 0 radical (unpaired) electrons. The van der Waals surface area contributed by atoms with E-state index in [0.717, 1.165) is 16.3 Å². The molecule has 122 valence electrons. The van der Waals surface area contributed by atoms with Gasteiger partial charge in [0.05, 0.1) is 11.9 Å². The highest BCUT2D eigenvalue weighted by Crippen LogP contribution is 2.16. The van der Waals surface area contributed by atoms with Crippen LogP contribution in [0.1, 0.15) is 21.7 Å². The highest BCUT2D eigenvalue weighted by atomic mass is 32.1. The molecule has 3 aromatic rings. The van der Waals surface area contributed by atoms with Crippen molar-refractivity contribution < 1.29 is 9.53 Å². The summed E-state index contributed by atoms with van der Waals surface area (Å²) >= 11 is 1.48. The Kier molecular flexibility index (Phi) is 4.72. The van der Waals surface area contributed by atoms with Gasteiger partial charge in [0.15, 0.2) is 4.96 Å². The number of carbonyl (C=O) groups is 1. The first-order valence-corrected chi connectivity index (χ1v) is 8.16. The van der Waals surface area contributed by atoms with Crippen LogP contribution in [0.3, 0.4) is 0 Å². The summed E-state index contributed by atoms with van der Waals surface area (Å²) in [5, 5.41) is 5.90. The number of nitrogens with zero attached hydrogens (tertiary/aromatic N) is 3. The van der Waals surface area contributed by atoms with E-state index in [9.17, 15) is 4.79 Å². The first kappa shape index (κ1) is 15.9. The minimum absolute atomic E-state index is 0.297. The number of imidazole rings is 1. The standard InChI is InChI=1S/C17H16N4O2S/c1-3-8-23-14-6-4-5-13(10-14)11-18-20-16(22)15-12(2)19-17-21(15)7-9-24-17/h3-7,9-11H,1,8H2,2H3,(H,20,22)/b18-11+. The fourth-order valence-corrected chi connectivity index (χ4v) is 2.99. The summed E-state index contributed by atoms with van der Waals surface area (Å²) in [4.78, 5) is 17.5. The number of benzene rings is 1. The van der Waals surface area contributed by atoms with Crippen molar-refractivity contribution in [2.24, 2.45) is 5.10 Å². The zero-order valence-electron chi connectivity index (χ0n) is 13.1. The lowest BCUT2D eigenvalue weighted by atomic mass is 10.2. The highest BCUT2D eigenvalue weighted by molar-refractivity contribution is 7.15. The van der Waals surface area contributed by atoms with E-state index in [2.05, 4.69) is 22.1 Å². The number of carbonyl (C=O) groups excluding carboxylic acids is 1. The number of aryl methyl sites for hydroxylation is 1. The molecule has 2 aromatic heterocycles. The summed E-state index contributed by atoms with van der Waals surface area (Å²) in [5.74, 6) is 0.422. The van der Waals surface area contributed by atoms with Crippen molar-refractivity contribution in [3.8, 4) is 5.75 Å². The van der Waals surface area contributed by atoms with Gasteiger partial charge in [-0.1, -0.05) is 24.8 Å². The van der Waals surface area contributed by atoms with Crippen LogP contribution in [0, 0.1) is 6.92 Å². The number of thiazole rings is 1. The fourth-order valence-electron chi connectivity index (χ4n) is 2.23. The molecule has 2 heterocycles. The van der Waals surface area contributed by atoms with Crippen molar-refractivity contribution in [1.29, 1.82) is 0 Å². The van der Waals surface area contributed by atoms with Gasteiger partial charge >= 0.3 is 0 Å². The molecule has 0 aliphatic heterocycles. The quantitative estimate of drug-likeness (QED) is 0.426. The molecule has 0 saturated heterocycles. The van der Waals surface area contributed by atoms with Crippen molar-refractivity contribution in [1.82, 2.24) is 14.8 Å². The Morgan fingerprint density at radius 1 is 1.54 bits per heavy atom. The molecule has 7 heteroatoms. The number of ether oxygens (including phenoxy) is 1. The van der Waals surface area contributed by atoms with E-state index in [1.165, 1.54) is 11.3 Å². The van der Waals surface area contributed by atoms with Gasteiger partial charge in [-0.05, 0) is 24.6 Å². The second-order valence-electron chi connectivity index (χ2n) is 4.97. The van der Waals surface area contributed by atoms with E-state index in [0.29, 0.717) is 18.0 Å². The summed E-state index contributed by atoms with van der Waals surface area (Å²) in [6.07, 6.45) is 5.07. The molecule has 1 amide bonds. The van der Waals surface area contributed by atoms with Gasteiger partial charge in [-0.2, -0.15) is 5.10 Å². The first-order chi connectivity index (χ1) is 11.7. The zero-order valence-corrected chi connectivity index (χ0v) is 13.9. The maximum atomic E-state index is 12.3. The molecule has 0 aliphatic rings. The number of hydrazone groups is 1. The molecular formula is C17H16N4O2S. The first-order valence-electron chi connectivity index (χ1n) is 7.28. The van der Waals surface area contributed by atoms with Gasteiger partial charge in [-0.25, -0.2) is 10.4 Å². The number of rotatable bonds is 6. The second kappa shape index (κ2) is 7.10. The molecule has 3 rings (SSSR count). The summed E-state index contributed by atoms with van der Waals surface area (Å²) < 4.78 is 7.22. The lowest BCUT2D eigenvalue weighted by Crippen LogP contribution is -2.20. The topological polar surface area (TPSA) is 68.0 Å². The van der Waals surface area contributed by atoms with Crippen LogP contribution in [0.15, 0.2) is 53.6 Å². The SMILES string of the molecule is C=CCOc1cccc(/C=N/NC(=O)c2c(C)nc3sccn23)c1. The molecule has 1 N–H and O–H groups in total. The lowest BCUT2D eigenvalue weighted by molar-refractivity contribution is 0.0948. The van der Waals surface area contributed by atoms with Crippen LogP contribution in [0.25, 0.3) is 4.96 Å². The molecule has 0 unspecified atom stereocenters. The van der Waals surface area contributed by atoms with Crippen molar-refractivity contribution in [2.75, 3.05) is 6.61 Å². The van der Waals surface area contributed by atoms with Crippen molar-refractivity contribution in [2.45, 2.75) is 6.92 Å². The number of fused-ring (bicyclic) bond motifs is 1. The molecule has 0 spiro atoms. The summed E-state index contributed by atoms with van der Waals surface area (Å²) in [7, 11) is 0. The predicted octanol–water partition coefficient (Wildman–Crippen LogP) is 3.03. The maximum Gasteiger partial charge on any atom is 0.290 e. The summed E-state index contributed by atoms with van der Waals surface area (Å²) in [6, 6.07) is 7.41. The number of amides is 1. The van der Waals surface area contributed by atoms with Crippen LogP contribution in [-0.4, -0.2) is 28.1 Å². The smallest absolute Gasteiger partial charge is 0.290 e. The third-order valence-electron chi connectivity index (χ3n) is 3.26. The largest absolute Gasteiger partial charge is 0.490 e. The van der Waals surface area contributed by atoms with E-state index in [1.54, 1.807) is 23.6 Å². The molecule has 0 fully saturated rings. The van der Waals surface area contributed by atoms with Gasteiger partial charge in [0.2, 0.25) is 0 Å². The zero-order chi connectivity index (χ0) is 16.9.